The minimum Gasteiger partial charge on any atom is -0.380 e. The summed E-state index contributed by atoms with van der Waals surface area (Å²) in [5.74, 6) is -0.677. The van der Waals surface area contributed by atoms with Crippen LogP contribution in [0.25, 0.3) is 0 Å². The first-order chi connectivity index (χ1) is 11.4. The molecule has 1 N–H and O–H groups in total. The number of ether oxygens (including phenoxy) is 1. The van der Waals surface area contributed by atoms with Crippen LogP contribution in [-0.2, 0) is 32.2 Å². The molecule has 1 heterocycles. The molecule has 0 radical (unpaired) electrons. The Hall–Kier alpha value is -1.52. The minimum absolute atomic E-state index is 0.0193. The van der Waals surface area contributed by atoms with Crippen molar-refractivity contribution in [2.45, 2.75) is 38.1 Å². The number of hydrogen-bond acceptors (Lipinski definition) is 5. The lowest BCUT2D eigenvalue weighted by molar-refractivity contribution is -0.137. The number of carbonyl (C=O) groups excluding carboxylic acids is 1. The summed E-state index contributed by atoms with van der Waals surface area (Å²) in [6.07, 6.45) is -4.30. The zero-order valence-corrected chi connectivity index (χ0v) is 15.0. The highest BCUT2D eigenvalue weighted by Crippen LogP contribution is 2.28. The van der Waals surface area contributed by atoms with Crippen molar-refractivity contribution in [1.29, 1.82) is 0 Å². The largest absolute Gasteiger partial charge is 0.417 e. The van der Waals surface area contributed by atoms with E-state index in [-0.39, 0.29) is 18.8 Å². The second-order valence-corrected chi connectivity index (χ2v) is 8.06. The van der Waals surface area contributed by atoms with E-state index in [1.54, 1.807) is 6.92 Å². The smallest absolute Gasteiger partial charge is 0.380 e. The maximum atomic E-state index is 12.5. The molecule has 0 aromatic carbocycles. The first-order valence-electron chi connectivity index (χ1n) is 7.54. The fourth-order valence-corrected chi connectivity index (χ4v) is 2.88. The van der Waals surface area contributed by atoms with Crippen molar-refractivity contribution in [3.05, 3.63) is 29.6 Å². The molecule has 0 amide bonds. The van der Waals surface area contributed by atoms with Crippen molar-refractivity contribution in [2.24, 2.45) is 0 Å². The number of sulfonamides is 1. The van der Waals surface area contributed by atoms with Gasteiger partial charge in [-0.15, -0.1) is 0 Å². The standard InChI is InChI=1S/C15H21F3N2O4S/c1-4-24-8-7-20-25(22,23)14(2,3)13(21)9-12-6-5-11(10-19-12)15(16,17)18/h5-6,10,20H,4,7-9H2,1-3H3. The Bertz CT molecular complexity index is 686. The van der Waals surface area contributed by atoms with Gasteiger partial charge in [-0.25, -0.2) is 13.1 Å². The van der Waals surface area contributed by atoms with Gasteiger partial charge in [0, 0.05) is 25.0 Å². The molecular formula is C15H21F3N2O4S. The van der Waals surface area contributed by atoms with Gasteiger partial charge >= 0.3 is 6.18 Å². The van der Waals surface area contributed by atoms with Gasteiger partial charge in [0.05, 0.1) is 18.6 Å². The van der Waals surface area contributed by atoms with E-state index in [4.69, 9.17) is 4.74 Å². The number of carbonyl (C=O) groups is 1. The number of rotatable bonds is 9. The van der Waals surface area contributed by atoms with Crippen LogP contribution in [-0.4, -0.2) is 43.7 Å². The van der Waals surface area contributed by atoms with Crippen molar-refractivity contribution < 1.29 is 31.1 Å². The number of ketones is 1. The third-order valence-electron chi connectivity index (χ3n) is 3.58. The van der Waals surface area contributed by atoms with Gasteiger partial charge in [0.15, 0.2) is 5.78 Å². The molecule has 1 rings (SSSR count). The monoisotopic (exact) mass is 382 g/mol. The highest BCUT2D eigenvalue weighted by Gasteiger charge is 2.41. The fraction of sp³-hybridized carbons (Fsp3) is 0.600. The highest BCUT2D eigenvalue weighted by molar-refractivity contribution is 7.91. The van der Waals surface area contributed by atoms with Crippen molar-refractivity contribution in [3.63, 3.8) is 0 Å². The summed E-state index contributed by atoms with van der Waals surface area (Å²) in [5, 5.41) is 0. The highest BCUT2D eigenvalue weighted by atomic mass is 32.2. The molecule has 1 aromatic rings. The molecule has 0 saturated heterocycles. The third-order valence-corrected chi connectivity index (χ3v) is 5.74. The van der Waals surface area contributed by atoms with Crippen LogP contribution in [0.4, 0.5) is 13.2 Å². The lowest BCUT2D eigenvalue weighted by Crippen LogP contribution is -2.49. The van der Waals surface area contributed by atoms with Gasteiger partial charge in [-0.05, 0) is 32.9 Å². The summed E-state index contributed by atoms with van der Waals surface area (Å²) in [4.78, 5) is 15.9. The molecule has 1 aromatic heterocycles. The van der Waals surface area contributed by atoms with Crippen LogP contribution < -0.4 is 4.72 Å². The van der Waals surface area contributed by atoms with Gasteiger partial charge in [0.2, 0.25) is 10.0 Å². The molecule has 0 saturated carbocycles. The van der Waals surface area contributed by atoms with Crippen molar-refractivity contribution in [3.8, 4) is 0 Å². The maximum Gasteiger partial charge on any atom is 0.417 e. The number of nitrogens with one attached hydrogen (secondary N) is 1. The number of nitrogens with zero attached hydrogens (tertiary/aromatic N) is 1. The predicted molar refractivity (Wildman–Crippen MR) is 85.4 cm³/mol. The SMILES string of the molecule is CCOCCNS(=O)(=O)C(C)(C)C(=O)Cc1ccc(C(F)(F)F)cn1. The third kappa shape index (κ3) is 5.75. The summed E-state index contributed by atoms with van der Waals surface area (Å²) < 4.78 is 67.6. The fourth-order valence-electron chi connectivity index (χ4n) is 1.80. The van der Waals surface area contributed by atoms with E-state index in [0.717, 1.165) is 12.1 Å². The molecule has 0 atom stereocenters. The van der Waals surface area contributed by atoms with E-state index in [2.05, 4.69) is 9.71 Å². The van der Waals surface area contributed by atoms with Crippen LogP contribution in [0.3, 0.4) is 0 Å². The Kier molecular flexibility index (Phi) is 7.09. The van der Waals surface area contributed by atoms with Crippen molar-refractivity contribution in [2.75, 3.05) is 19.8 Å². The van der Waals surface area contributed by atoms with Crippen LogP contribution in [0.5, 0.6) is 0 Å². The predicted octanol–water partition coefficient (Wildman–Crippen LogP) is 1.95. The van der Waals surface area contributed by atoms with Gasteiger partial charge in [-0.2, -0.15) is 13.2 Å². The molecule has 0 spiro atoms. The number of Topliss-reactive ketones (excluding diaryl/α,β-unsaturated/α-hetero) is 1. The van der Waals surface area contributed by atoms with Gasteiger partial charge in [-0.1, -0.05) is 0 Å². The summed E-state index contributed by atoms with van der Waals surface area (Å²) in [6.45, 7) is 4.86. The molecule has 0 unspecified atom stereocenters. The van der Waals surface area contributed by atoms with E-state index in [1.807, 2.05) is 0 Å². The number of halogens is 3. The Morgan fingerprint density at radius 3 is 2.40 bits per heavy atom. The number of alkyl halides is 3. The minimum atomic E-state index is -4.53. The molecule has 0 fully saturated rings. The molecule has 0 aliphatic rings. The molecule has 6 nitrogen and oxygen atoms in total. The second kappa shape index (κ2) is 8.24. The normalized spacial score (nSPS) is 13.0. The summed E-state index contributed by atoms with van der Waals surface area (Å²) in [7, 11) is -3.98. The molecule has 0 aliphatic carbocycles. The molecule has 10 heteroatoms. The van der Waals surface area contributed by atoms with Crippen LogP contribution in [0.15, 0.2) is 18.3 Å². The molecule has 25 heavy (non-hydrogen) atoms. The lowest BCUT2D eigenvalue weighted by atomic mass is 10.0. The summed E-state index contributed by atoms with van der Waals surface area (Å²) in [5.41, 5.74) is -0.872. The van der Waals surface area contributed by atoms with Crippen LogP contribution in [0, 0.1) is 0 Å². The number of hydrogen-bond donors (Lipinski definition) is 1. The van der Waals surface area contributed by atoms with E-state index in [1.165, 1.54) is 13.8 Å². The van der Waals surface area contributed by atoms with E-state index >= 15 is 0 Å². The van der Waals surface area contributed by atoms with Gasteiger partial charge in [0.1, 0.15) is 4.75 Å². The Labute approximate surface area is 144 Å². The number of aromatic nitrogens is 1. The van der Waals surface area contributed by atoms with Gasteiger partial charge in [-0.3, -0.25) is 9.78 Å². The summed E-state index contributed by atoms with van der Waals surface area (Å²) in [6, 6.07) is 1.86. The zero-order chi connectivity index (χ0) is 19.3. The topological polar surface area (TPSA) is 85.4 Å². The lowest BCUT2D eigenvalue weighted by Gasteiger charge is -2.23. The zero-order valence-electron chi connectivity index (χ0n) is 14.2. The molecule has 0 bridgehead atoms. The average Bonchev–Trinajstić information content (AvgIpc) is 2.51. The number of pyridine rings is 1. The van der Waals surface area contributed by atoms with E-state index in [0.29, 0.717) is 12.8 Å². The Morgan fingerprint density at radius 2 is 1.92 bits per heavy atom. The Balaban J connectivity index is 2.80. The first-order valence-corrected chi connectivity index (χ1v) is 9.02. The van der Waals surface area contributed by atoms with Crippen LogP contribution in [0.2, 0.25) is 0 Å². The van der Waals surface area contributed by atoms with Crippen molar-refractivity contribution in [1.82, 2.24) is 9.71 Å². The van der Waals surface area contributed by atoms with E-state index in [9.17, 15) is 26.4 Å². The van der Waals surface area contributed by atoms with E-state index < -0.39 is 38.7 Å². The first kappa shape index (κ1) is 21.5. The molecule has 142 valence electrons. The van der Waals surface area contributed by atoms with Crippen LogP contribution in [0.1, 0.15) is 32.0 Å². The Morgan fingerprint density at radius 1 is 1.28 bits per heavy atom. The van der Waals surface area contributed by atoms with Gasteiger partial charge < -0.3 is 4.74 Å². The van der Waals surface area contributed by atoms with Gasteiger partial charge in [0.25, 0.3) is 0 Å². The summed E-state index contributed by atoms with van der Waals surface area (Å²) >= 11 is 0. The molecular weight excluding hydrogens is 361 g/mol. The quantitative estimate of drug-likeness (QED) is 0.660. The maximum absolute atomic E-state index is 12.5. The second-order valence-electron chi connectivity index (χ2n) is 5.74. The molecule has 0 aliphatic heterocycles. The van der Waals surface area contributed by atoms with Crippen molar-refractivity contribution >= 4 is 15.8 Å². The van der Waals surface area contributed by atoms with Crippen LogP contribution >= 0.6 is 0 Å². The average molecular weight is 382 g/mol.